The van der Waals surface area contributed by atoms with E-state index in [1.807, 2.05) is 43.5 Å². The van der Waals surface area contributed by atoms with Crippen LogP contribution in [0.25, 0.3) is 0 Å². The molecule has 2 heterocycles. The first-order valence-corrected chi connectivity index (χ1v) is 10.1. The van der Waals surface area contributed by atoms with Crippen LogP contribution in [0.15, 0.2) is 47.5 Å². The lowest BCUT2D eigenvalue weighted by Gasteiger charge is -2.17. The van der Waals surface area contributed by atoms with Gasteiger partial charge in [0.2, 0.25) is 5.91 Å². The average Bonchev–Trinajstić information content (AvgIpc) is 3.21. The van der Waals surface area contributed by atoms with Gasteiger partial charge in [0.05, 0.1) is 12.4 Å². The van der Waals surface area contributed by atoms with E-state index in [2.05, 4.69) is 21.3 Å². The summed E-state index contributed by atoms with van der Waals surface area (Å²) in [5, 5.41) is 2.99. The van der Waals surface area contributed by atoms with Crippen LogP contribution in [0.5, 0.6) is 5.75 Å². The lowest BCUT2D eigenvalue weighted by Crippen LogP contribution is -2.25. The lowest BCUT2D eigenvalue weighted by molar-refractivity contribution is -0.118. The molecule has 26 heavy (non-hydrogen) atoms. The molecule has 0 saturated carbocycles. The highest BCUT2D eigenvalue weighted by atomic mass is 32.2. The minimum atomic E-state index is 0.0309. The number of hydrogen-bond donors (Lipinski definition) is 1. The van der Waals surface area contributed by atoms with Gasteiger partial charge in [-0.3, -0.25) is 4.79 Å². The first-order chi connectivity index (χ1) is 12.7. The zero-order valence-electron chi connectivity index (χ0n) is 15.1. The van der Waals surface area contributed by atoms with Crippen LogP contribution < -0.4 is 15.0 Å². The number of carbonyl (C=O) groups is 1. The number of thioether (sulfide) groups is 1. The predicted octanol–water partition coefficient (Wildman–Crippen LogP) is 3.49. The molecule has 2 aromatic rings. The molecule has 6 heteroatoms. The van der Waals surface area contributed by atoms with Crippen LogP contribution in [0.2, 0.25) is 0 Å². The van der Waals surface area contributed by atoms with E-state index in [0.717, 1.165) is 35.1 Å². The zero-order chi connectivity index (χ0) is 18.2. The van der Waals surface area contributed by atoms with Crippen molar-refractivity contribution in [2.75, 3.05) is 30.3 Å². The topological polar surface area (TPSA) is 54.5 Å². The molecule has 1 fully saturated rings. The van der Waals surface area contributed by atoms with Gasteiger partial charge in [-0.1, -0.05) is 0 Å². The van der Waals surface area contributed by atoms with Gasteiger partial charge in [0.15, 0.2) is 0 Å². The molecule has 1 aliphatic rings. The quantitative estimate of drug-likeness (QED) is 0.720. The fourth-order valence-corrected chi connectivity index (χ4v) is 3.62. The first kappa shape index (κ1) is 18.6. The normalized spacial score (nSPS) is 13.7. The van der Waals surface area contributed by atoms with Gasteiger partial charge in [0, 0.05) is 30.7 Å². The monoisotopic (exact) mass is 371 g/mol. The Labute approximate surface area is 159 Å². The third kappa shape index (κ3) is 5.39. The molecule has 5 nitrogen and oxygen atoms in total. The molecule has 0 spiro atoms. The van der Waals surface area contributed by atoms with Crippen LogP contribution in [-0.4, -0.2) is 36.3 Å². The van der Waals surface area contributed by atoms with E-state index in [1.165, 1.54) is 24.6 Å². The maximum absolute atomic E-state index is 12.1. The summed E-state index contributed by atoms with van der Waals surface area (Å²) in [5.41, 5.74) is 1.08. The van der Waals surface area contributed by atoms with E-state index in [4.69, 9.17) is 4.74 Å². The number of carbonyl (C=O) groups excluding carboxylic acids is 1. The summed E-state index contributed by atoms with van der Waals surface area (Å²) in [6.45, 7) is 5.29. The Morgan fingerprint density at radius 1 is 1.23 bits per heavy atom. The van der Waals surface area contributed by atoms with Crippen molar-refractivity contribution >= 4 is 23.5 Å². The molecule has 1 aromatic carbocycles. The highest BCUT2D eigenvalue weighted by Gasteiger charge is 2.13. The van der Waals surface area contributed by atoms with Gasteiger partial charge in [0.1, 0.15) is 11.6 Å². The molecule has 1 aromatic heterocycles. The van der Waals surface area contributed by atoms with Crippen LogP contribution in [0.3, 0.4) is 0 Å². The summed E-state index contributed by atoms with van der Waals surface area (Å²) in [6.07, 6.45) is 4.28. The van der Waals surface area contributed by atoms with Crippen LogP contribution >= 0.6 is 11.8 Å². The van der Waals surface area contributed by atoms with Gasteiger partial charge in [-0.25, -0.2) is 4.98 Å². The summed E-state index contributed by atoms with van der Waals surface area (Å²) in [5.74, 6) is 2.30. The summed E-state index contributed by atoms with van der Waals surface area (Å²) >= 11 is 1.53. The molecule has 138 valence electrons. The number of benzene rings is 1. The first-order valence-electron chi connectivity index (χ1n) is 9.07. The summed E-state index contributed by atoms with van der Waals surface area (Å²) < 4.78 is 5.42. The fraction of sp³-hybridized carbons (Fsp3) is 0.400. The third-order valence-electron chi connectivity index (χ3n) is 4.23. The predicted molar refractivity (Wildman–Crippen MR) is 106 cm³/mol. The van der Waals surface area contributed by atoms with E-state index in [0.29, 0.717) is 18.9 Å². The van der Waals surface area contributed by atoms with Gasteiger partial charge in [0.25, 0.3) is 0 Å². The third-order valence-corrected chi connectivity index (χ3v) is 5.25. The Kier molecular flexibility index (Phi) is 6.77. The Hall–Kier alpha value is -2.21. The smallest absolute Gasteiger partial charge is 0.230 e. The number of aromatic nitrogens is 1. The number of anilines is 1. The molecule has 1 saturated heterocycles. The molecule has 0 radical (unpaired) electrons. The maximum Gasteiger partial charge on any atom is 0.230 e. The lowest BCUT2D eigenvalue weighted by atomic mass is 10.2. The van der Waals surface area contributed by atoms with Crippen LogP contribution in [0.4, 0.5) is 5.82 Å². The van der Waals surface area contributed by atoms with Gasteiger partial charge >= 0.3 is 0 Å². The van der Waals surface area contributed by atoms with E-state index in [1.54, 1.807) is 0 Å². The maximum atomic E-state index is 12.1. The summed E-state index contributed by atoms with van der Waals surface area (Å²) in [6, 6.07) is 11.9. The van der Waals surface area contributed by atoms with E-state index < -0.39 is 0 Å². The molecule has 1 N–H and O–H groups in total. The number of amides is 1. The molecule has 3 rings (SSSR count). The molecule has 1 aliphatic heterocycles. The number of pyridine rings is 1. The molecule has 0 unspecified atom stereocenters. The van der Waals surface area contributed by atoms with Crippen molar-refractivity contribution < 1.29 is 9.53 Å². The average molecular weight is 372 g/mol. The van der Waals surface area contributed by atoms with E-state index >= 15 is 0 Å². The number of rotatable bonds is 8. The Bertz CT molecular complexity index is 715. The van der Waals surface area contributed by atoms with Crippen molar-refractivity contribution in [2.45, 2.75) is 31.2 Å². The van der Waals surface area contributed by atoms with Crippen molar-refractivity contribution in [3.05, 3.63) is 48.2 Å². The Balaban J connectivity index is 1.44. The molecule has 0 bridgehead atoms. The summed E-state index contributed by atoms with van der Waals surface area (Å²) in [7, 11) is 0. The van der Waals surface area contributed by atoms with Gasteiger partial charge in [-0.15, -0.1) is 11.8 Å². The second-order valence-electron chi connectivity index (χ2n) is 6.19. The van der Waals surface area contributed by atoms with Gasteiger partial charge in [-0.05, 0) is 61.7 Å². The fourth-order valence-electron chi connectivity index (χ4n) is 2.89. The number of nitrogens with zero attached hydrogens (tertiary/aromatic N) is 2. The van der Waals surface area contributed by atoms with Crippen molar-refractivity contribution in [1.82, 2.24) is 10.3 Å². The van der Waals surface area contributed by atoms with Crippen molar-refractivity contribution in [2.24, 2.45) is 0 Å². The number of ether oxygens (including phenoxy) is 1. The number of hydrogen-bond acceptors (Lipinski definition) is 5. The van der Waals surface area contributed by atoms with Crippen molar-refractivity contribution in [1.29, 1.82) is 0 Å². The molecule has 0 aliphatic carbocycles. The van der Waals surface area contributed by atoms with Crippen molar-refractivity contribution in [3.8, 4) is 5.75 Å². The molecular formula is C20H25N3O2S. The SMILES string of the molecule is CCOc1ccc(SCC(=O)NCc2ccnc(N3CCCC3)c2)cc1. The zero-order valence-corrected chi connectivity index (χ0v) is 15.9. The second kappa shape index (κ2) is 9.48. The van der Waals surface area contributed by atoms with E-state index in [-0.39, 0.29) is 5.91 Å². The second-order valence-corrected chi connectivity index (χ2v) is 7.24. The van der Waals surface area contributed by atoms with Crippen LogP contribution in [0.1, 0.15) is 25.3 Å². The van der Waals surface area contributed by atoms with Crippen molar-refractivity contribution in [3.63, 3.8) is 0 Å². The largest absolute Gasteiger partial charge is 0.494 e. The standard InChI is InChI=1S/C20H25N3O2S/c1-2-25-17-5-7-18(8-6-17)26-15-20(24)22-14-16-9-10-21-19(13-16)23-11-3-4-12-23/h5-10,13H,2-4,11-12,14-15H2,1H3,(H,22,24). The van der Waals surface area contributed by atoms with Crippen LogP contribution in [-0.2, 0) is 11.3 Å². The molecular weight excluding hydrogens is 346 g/mol. The van der Waals surface area contributed by atoms with Crippen LogP contribution in [0, 0.1) is 0 Å². The minimum Gasteiger partial charge on any atom is -0.494 e. The highest BCUT2D eigenvalue weighted by Crippen LogP contribution is 2.21. The van der Waals surface area contributed by atoms with E-state index in [9.17, 15) is 4.79 Å². The van der Waals surface area contributed by atoms with Gasteiger partial charge in [-0.2, -0.15) is 0 Å². The molecule has 1 amide bonds. The highest BCUT2D eigenvalue weighted by molar-refractivity contribution is 8.00. The molecule has 0 atom stereocenters. The minimum absolute atomic E-state index is 0.0309. The Morgan fingerprint density at radius 2 is 2.00 bits per heavy atom. The van der Waals surface area contributed by atoms with Gasteiger partial charge < -0.3 is 15.0 Å². The Morgan fingerprint density at radius 3 is 2.73 bits per heavy atom. The summed E-state index contributed by atoms with van der Waals surface area (Å²) in [4.78, 5) is 19.9. The number of nitrogens with one attached hydrogen (secondary N) is 1.